The summed E-state index contributed by atoms with van der Waals surface area (Å²) in [6.07, 6.45) is 1.93. The molecule has 0 bridgehead atoms. The first kappa shape index (κ1) is 25.3. The van der Waals surface area contributed by atoms with Crippen molar-refractivity contribution in [3.63, 3.8) is 0 Å². The Morgan fingerprint density at radius 2 is 2.03 bits per heavy atom. The lowest BCUT2D eigenvalue weighted by atomic mass is 9.84. The fraction of sp³-hybridized carbons (Fsp3) is 0.407. The van der Waals surface area contributed by atoms with Gasteiger partial charge in [-0.1, -0.05) is 32.1 Å². The first-order valence-electron chi connectivity index (χ1n) is 11.6. The highest BCUT2D eigenvalue weighted by Gasteiger charge is 2.52. The van der Waals surface area contributed by atoms with E-state index in [0.717, 1.165) is 11.1 Å². The van der Waals surface area contributed by atoms with Crippen LogP contribution in [0.1, 0.15) is 43.9 Å². The lowest BCUT2D eigenvalue weighted by Gasteiger charge is -2.30. The van der Waals surface area contributed by atoms with E-state index in [2.05, 4.69) is 11.9 Å². The number of carbonyl (C=O) groups excluding carboxylic acids is 1. The molecule has 7 nitrogen and oxygen atoms in total. The minimum absolute atomic E-state index is 0.0820. The number of hydrogen-bond donors (Lipinski definition) is 2. The Kier molecular flexibility index (Phi) is 8.71. The van der Waals surface area contributed by atoms with Gasteiger partial charge in [-0.15, -0.1) is 6.58 Å². The molecule has 0 spiro atoms. The Bertz CT molecular complexity index is 1000. The van der Waals surface area contributed by atoms with E-state index in [0.29, 0.717) is 49.3 Å². The van der Waals surface area contributed by atoms with Gasteiger partial charge in [0.15, 0.2) is 11.6 Å². The fourth-order valence-electron chi connectivity index (χ4n) is 3.79. The van der Waals surface area contributed by atoms with Gasteiger partial charge in [0.25, 0.3) is 5.91 Å². The largest absolute Gasteiger partial charge is 0.497 e. The van der Waals surface area contributed by atoms with Crippen LogP contribution in [-0.4, -0.2) is 49.3 Å². The number of aliphatic hydroxyl groups is 1. The van der Waals surface area contributed by atoms with Crippen LogP contribution in [0.4, 0.5) is 0 Å². The summed E-state index contributed by atoms with van der Waals surface area (Å²) in [6.45, 7) is 9.03. The van der Waals surface area contributed by atoms with Gasteiger partial charge >= 0.3 is 0 Å². The number of methoxy groups -OCH3 is 1. The van der Waals surface area contributed by atoms with E-state index in [9.17, 15) is 4.79 Å². The van der Waals surface area contributed by atoms with Gasteiger partial charge in [-0.2, -0.15) is 0 Å². The second kappa shape index (κ2) is 11.7. The molecule has 0 radical (unpaired) electrons. The number of hydrogen-bond acceptors (Lipinski definition) is 6. The molecule has 0 aliphatic carbocycles. The number of aliphatic hydroxyl groups excluding tert-OH is 1. The van der Waals surface area contributed by atoms with E-state index in [4.69, 9.17) is 24.3 Å². The SMILES string of the molecule is C=CC[C@@]1(C(=O)NCC(C)C)N=C(c2ccc(OCCCO)cc2)O[C@@H]1c1cccc(OC)c1. The van der Waals surface area contributed by atoms with Gasteiger partial charge in [0, 0.05) is 31.6 Å². The molecular formula is C27H34N2O5. The van der Waals surface area contributed by atoms with Crippen LogP contribution < -0.4 is 14.8 Å². The Morgan fingerprint density at radius 3 is 2.68 bits per heavy atom. The number of nitrogens with one attached hydrogen (secondary N) is 1. The lowest BCUT2D eigenvalue weighted by Crippen LogP contribution is -2.48. The van der Waals surface area contributed by atoms with Crippen molar-refractivity contribution in [1.82, 2.24) is 5.32 Å². The smallest absolute Gasteiger partial charge is 0.252 e. The van der Waals surface area contributed by atoms with Crippen molar-refractivity contribution in [3.05, 3.63) is 72.3 Å². The van der Waals surface area contributed by atoms with Gasteiger partial charge in [-0.25, -0.2) is 4.99 Å². The molecule has 182 valence electrons. The first-order valence-corrected chi connectivity index (χ1v) is 11.6. The average molecular weight is 467 g/mol. The summed E-state index contributed by atoms with van der Waals surface area (Å²) in [5.41, 5.74) is 0.336. The highest BCUT2D eigenvalue weighted by atomic mass is 16.5. The lowest BCUT2D eigenvalue weighted by molar-refractivity contribution is -0.129. The molecule has 34 heavy (non-hydrogen) atoms. The second-order valence-electron chi connectivity index (χ2n) is 8.66. The zero-order valence-corrected chi connectivity index (χ0v) is 20.1. The molecule has 1 amide bonds. The van der Waals surface area contributed by atoms with E-state index < -0.39 is 11.6 Å². The van der Waals surface area contributed by atoms with Gasteiger partial charge in [-0.3, -0.25) is 4.79 Å². The zero-order valence-electron chi connectivity index (χ0n) is 20.1. The molecule has 2 aromatic rings. The molecule has 0 saturated carbocycles. The molecule has 1 aliphatic heterocycles. The van der Waals surface area contributed by atoms with E-state index in [1.807, 2.05) is 62.4 Å². The van der Waals surface area contributed by atoms with E-state index in [-0.39, 0.29) is 12.5 Å². The maximum absolute atomic E-state index is 13.6. The van der Waals surface area contributed by atoms with Crippen LogP contribution in [0.15, 0.2) is 66.2 Å². The maximum Gasteiger partial charge on any atom is 0.252 e. The molecular weight excluding hydrogens is 432 g/mol. The highest BCUT2D eigenvalue weighted by molar-refractivity contribution is 6.01. The van der Waals surface area contributed by atoms with Crippen molar-refractivity contribution in [2.24, 2.45) is 10.9 Å². The Balaban J connectivity index is 1.98. The van der Waals surface area contributed by atoms with Crippen LogP contribution in [0.2, 0.25) is 0 Å². The predicted octanol–water partition coefficient (Wildman–Crippen LogP) is 4.06. The minimum Gasteiger partial charge on any atom is -0.497 e. The molecule has 1 aliphatic rings. The summed E-state index contributed by atoms with van der Waals surface area (Å²) in [6, 6.07) is 14.9. The summed E-state index contributed by atoms with van der Waals surface area (Å²) in [5, 5.41) is 12.0. The van der Waals surface area contributed by atoms with Gasteiger partial charge in [0.05, 0.1) is 13.7 Å². The third-order valence-electron chi connectivity index (χ3n) is 5.55. The van der Waals surface area contributed by atoms with Crippen molar-refractivity contribution in [2.75, 3.05) is 26.9 Å². The monoisotopic (exact) mass is 466 g/mol. The number of nitrogens with zero attached hydrogens (tertiary/aromatic N) is 1. The molecule has 0 fully saturated rings. The molecule has 0 unspecified atom stereocenters. The summed E-state index contributed by atoms with van der Waals surface area (Å²) in [4.78, 5) is 18.4. The zero-order chi connectivity index (χ0) is 24.6. The van der Waals surface area contributed by atoms with Crippen LogP contribution in [0.5, 0.6) is 11.5 Å². The van der Waals surface area contributed by atoms with E-state index >= 15 is 0 Å². The summed E-state index contributed by atoms with van der Waals surface area (Å²) >= 11 is 0. The highest BCUT2D eigenvalue weighted by Crippen LogP contribution is 2.43. The molecule has 0 saturated heterocycles. The normalized spacial score (nSPS) is 19.3. The first-order chi connectivity index (χ1) is 16.4. The number of benzene rings is 2. The second-order valence-corrected chi connectivity index (χ2v) is 8.66. The van der Waals surface area contributed by atoms with Gasteiger partial charge in [0.1, 0.15) is 11.5 Å². The van der Waals surface area contributed by atoms with Gasteiger partial charge < -0.3 is 24.6 Å². The van der Waals surface area contributed by atoms with Crippen molar-refractivity contribution in [3.8, 4) is 11.5 Å². The molecule has 3 rings (SSSR count). The van der Waals surface area contributed by atoms with Crippen LogP contribution in [0.3, 0.4) is 0 Å². The van der Waals surface area contributed by atoms with Gasteiger partial charge in [-0.05, 0) is 47.9 Å². The standard InChI is InChI=1S/C27H34N2O5/c1-5-14-27(26(31)28-18-19(2)3)24(21-8-6-9-23(17-21)32-4)34-25(29-27)20-10-12-22(13-11-20)33-16-7-15-30/h5-6,8-13,17,19,24,30H,1,7,14-16,18H2,2-4H3,(H,28,31)/t24-,27-/m1/s1. The number of aliphatic imine (C=N–C) groups is 1. The summed E-state index contributed by atoms with van der Waals surface area (Å²) < 4.78 is 17.4. The number of rotatable bonds is 12. The summed E-state index contributed by atoms with van der Waals surface area (Å²) in [5.74, 6) is 1.84. The fourth-order valence-corrected chi connectivity index (χ4v) is 3.79. The van der Waals surface area contributed by atoms with Crippen molar-refractivity contribution >= 4 is 11.8 Å². The minimum atomic E-state index is -1.20. The molecule has 2 aromatic carbocycles. The molecule has 1 heterocycles. The predicted molar refractivity (Wildman–Crippen MR) is 132 cm³/mol. The number of carbonyl (C=O) groups is 1. The molecule has 2 atom stereocenters. The molecule has 2 N–H and O–H groups in total. The summed E-state index contributed by atoms with van der Waals surface area (Å²) in [7, 11) is 1.60. The number of amides is 1. The molecule has 0 aromatic heterocycles. The number of ether oxygens (including phenoxy) is 3. The average Bonchev–Trinajstić information content (AvgIpc) is 3.24. The quantitative estimate of drug-likeness (QED) is 0.364. The van der Waals surface area contributed by atoms with Crippen molar-refractivity contribution in [1.29, 1.82) is 0 Å². The van der Waals surface area contributed by atoms with Crippen LogP contribution in [0, 0.1) is 5.92 Å². The van der Waals surface area contributed by atoms with Crippen LogP contribution in [0.25, 0.3) is 0 Å². The molecule has 7 heteroatoms. The van der Waals surface area contributed by atoms with Crippen LogP contribution >= 0.6 is 0 Å². The van der Waals surface area contributed by atoms with Gasteiger partial charge in [0.2, 0.25) is 5.90 Å². The Labute approximate surface area is 201 Å². The Hall–Kier alpha value is -3.32. The van der Waals surface area contributed by atoms with Crippen molar-refractivity contribution < 1.29 is 24.1 Å². The topological polar surface area (TPSA) is 89.4 Å². The third-order valence-corrected chi connectivity index (χ3v) is 5.55. The van der Waals surface area contributed by atoms with Crippen LogP contribution in [-0.2, 0) is 9.53 Å². The third kappa shape index (κ3) is 5.78. The van der Waals surface area contributed by atoms with E-state index in [1.54, 1.807) is 13.2 Å². The maximum atomic E-state index is 13.6. The van der Waals surface area contributed by atoms with Crippen molar-refractivity contribution in [2.45, 2.75) is 38.3 Å². The van der Waals surface area contributed by atoms with E-state index in [1.165, 1.54) is 0 Å². The Morgan fingerprint density at radius 1 is 1.26 bits per heavy atom.